The van der Waals surface area contributed by atoms with Gasteiger partial charge in [0.15, 0.2) is 5.82 Å². The maximum Gasteiger partial charge on any atom is 0.241 e. The van der Waals surface area contributed by atoms with Crippen molar-refractivity contribution >= 4 is 11.7 Å². The Morgan fingerprint density at radius 3 is 2.72 bits per heavy atom. The molecule has 2 N–H and O–H groups in total. The molecule has 0 spiro atoms. The number of carbonyl (C=O) groups excluding carboxylic acids is 1. The van der Waals surface area contributed by atoms with Gasteiger partial charge < -0.3 is 10.6 Å². The molecule has 3 rings (SSSR count). The van der Waals surface area contributed by atoms with Gasteiger partial charge >= 0.3 is 0 Å². The maximum absolute atomic E-state index is 11.7. The zero-order chi connectivity index (χ0) is 17.6. The van der Waals surface area contributed by atoms with Crippen LogP contribution in [0.2, 0.25) is 0 Å². The van der Waals surface area contributed by atoms with Crippen molar-refractivity contribution in [3.63, 3.8) is 0 Å². The zero-order valence-corrected chi connectivity index (χ0v) is 14.0. The third-order valence-electron chi connectivity index (χ3n) is 3.40. The minimum absolute atomic E-state index is 0.127. The molecule has 0 aliphatic carbocycles. The van der Waals surface area contributed by atoms with Crippen LogP contribution in [0.4, 0.5) is 5.82 Å². The summed E-state index contributed by atoms with van der Waals surface area (Å²) in [7, 11) is 0. The number of anilines is 1. The average Bonchev–Trinajstić information content (AvgIpc) is 3.21. The van der Waals surface area contributed by atoms with Crippen LogP contribution in [0.5, 0.6) is 0 Å². The molecule has 0 unspecified atom stereocenters. The Balaban J connectivity index is 1.44. The van der Waals surface area contributed by atoms with Gasteiger partial charge in [-0.25, -0.2) is 14.3 Å². The highest BCUT2D eigenvalue weighted by Crippen LogP contribution is 2.10. The normalized spacial score (nSPS) is 10.6. The van der Waals surface area contributed by atoms with Gasteiger partial charge in [0.1, 0.15) is 25.0 Å². The number of carbonyl (C=O) groups is 1. The largest absolute Gasteiger partial charge is 0.367 e. The van der Waals surface area contributed by atoms with Crippen molar-refractivity contribution in [3.8, 4) is 5.82 Å². The molecule has 3 heterocycles. The van der Waals surface area contributed by atoms with Gasteiger partial charge in [-0.15, -0.1) is 10.2 Å². The number of aryl methyl sites for hydroxylation is 2. The summed E-state index contributed by atoms with van der Waals surface area (Å²) < 4.78 is 3.21. The SMILES string of the molecule is Cc1cc(C)n(-c2ccc(NCCNC(=O)Cn3cncn3)nn2)n1. The predicted octanol–water partition coefficient (Wildman–Crippen LogP) is 0.0989. The van der Waals surface area contributed by atoms with E-state index in [1.807, 2.05) is 32.0 Å². The van der Waals surface area contributed by atoms with Crippen LogP contribution in [-0.2, 0) is 11.3 Å². The first-order chi connectivity index (χ1) is 12.1. The van der Waals surface area contributed by atoms with Crippen molar-refractivity contribution in [2.24, 2.45) is 0 Å². The first kappa shape index (κ1) is 16.6. The number of nitrogens with zero attached hydrogens (tertiary/aromatic N) is 7. The lowest BCUT2D eigenvalue weighted by atomic mass is 10.4. The Hall–Kier alpha value is -3.30. The third kappa shape index (κ3) is 4.37. The van der Waals surface area contributed by atoms with Crippen molar-refractivity contribution in [1.29, 1.82) is 0 Å². The molecule has 0 atom stereocenters. The number of hydrogen-bond acceptors (Lipinski definition) is 7. The Kier molecular flexibility index (Phi) is 4.97. The first-order valence-corrected chi connectivity index (χ1v) is 7.82. The van der Waals surface area contributed by atoms with Gasteiger partial charge in [0.25, 0.3) is 0 Å². The summed E-state index contributed by atoms with van der Waals surface area (Å²) >= 11 is 0. The van der Waals surface area contributed by atoms with E-state index in [4.69, 9.17) is 0 Å². The molecular weight excluding hydrogens is 322 g/mol. The summed E-state index contributed by atoms with van der Waals surface area (Å²) in [5, 5.41) is 22.4. The molecule has 25 heavy (non-hydrogen) atoms. The minimum atomic E-state index is -0.127. The Labute approximate surface area is 144 Å². The summed E-state index contributed by atoms with van der Waals surface area (Å²) in [5.74, 6) is 1.17. The van der Waals surface area contributed by atoms with E-state index in [1.54, 1.807) is 4.68 Å². The van der Waals surface area contributed by atoms with Crippen LogP contribution in [0.3, 0.4) is 0 Å². The Morgan fingerprint density at radius 1 is 1.20 bits per heavy atom. The highest BCUT2D eigenvalue weighted by atomic mass is 16.2. The van der Waals surface area contributed by atoms with Gasteiger partial charge in [-0.05, 0) is 32.0 Å². The second-order valence-corrected chi connectivity index (χ2v) is 5.49. The van der Waals surface area contributed by atoms with Gasteiger partial charge in [-0.3, -0.25) is 4.79 Å². The van der Waals surface area contributed by atoms with Crippen LogP contribution in [0.15, 0.2) is 30.9 Å². The molecule has 1 amide bonds. The fourth-order valence-electron chi connectivity index (χ4n) is 2.30. The zero-order valence-electron chi connectivity index (χ0n) is 14.0. The molecule has 0 aliphatic heterocycles. The summed E-state index contributed by atoms with van der Waals surface area (Å²) in [6.07, 6.45) is 2.89. The second-order valence-electron chi connectivity index (χ2n) is 5.49. The van der Waals surface area contributed by atoms with Gasteiger partial charge in [0, 0.05) is 18.8 Å². The van der Waals surface area contributed by atoms with Crippen LogP contribution in [0, 0.1) is 13.8 Å². The summed E-state index contributed by atoms with van der Waals surface area (Å²) in [6, 6.07) is 5.66. The molecule has 0 fully saturated rings. The quantitative estimate of drug-likeness (QED) is 0.586. The van der Waals surface area contributed by atoms with Crippen LogP contribution in [0.25, 0.3) is 5.82 Å². The summed E-state index contributed by atoms with van der Waals surface area (Å²) in [4.78, 5) is 15.5. The lowest BCUT2D eigenvalue weighted by Crippen LogP contribution is -2.31. The Morgan fingerprint density at radius 2 is 2.08 bits per heavy atom. The highest BCUT2D eigenvalue weighted by Gasteiger charge is 2.06. The van der Waals surface area contributed by atoms with Crippen molar-refractivity contribution in [1.82, 2.24) is 40.1 Å². The smallest absolute Gasteiger partial charge is 0.241 e. The molecule has 10 heteroatoms. The first-order valence-electron chi connectivity index (χ1n) is 7.82. The number of amides is 1. The van der Waals surface area contributed by atoms with Gasteiger partial charge in [-0.1, -0.05) is 0 Å². The monoisotopic (exact) mass is 341 g/mol. The molecule has 3 aromatic heterocycles. The fourth-order valence-corrected chi connectivity index (χ4v) is 2.30. The Bertz CT molecular complexity index is 823. The second kappa shape index (κ2) is 7.51. The van der Waals surface area contributed by atoms with Crippen LogP contribution in [0.1, 0.15) is 11.4 Å². The van der Waals surface area contributed by atoms with E-state index in [9.17, 15) is 4.79 Å². The average molecular weight is 341 g/mol. The summed E-state index contributed by atoms with van der Waals surface area (Å²) in [6.45, 7) is 5.06. The van der Waals surface area contributed by atoms with E-state index in [2.05, 4.69) is 36.0 Å². The molecule has 3 aromatic rings. The fraction of sp³-hybridized carbons (Fsp3) is 0.333. The lowest BCUT2D eigenvalue weighted by molar-refractivity contribution is -0.121. The van der Waals surface area contributed by atoms with Crippen molar-refractivity contribution < 1.29 is 4.79 Å². The van der Waals surface area contributed by atoms with E-state index in [1.165, 1.54) is 17.3 Å². The van der Waals surface area contributed by atoms with Crippen LogP contribution >= 0.6 is 0 Å². The molecule has 0 bridgehead atoms. The molecule has 0 saturated carbocycles. The predicted molar refractivity (Wildman–Crippen MR) is 90.1 cm³/mol. The van der Waals surface area contributed by atoms with Crippen molar-refractivity contribution in [2.45, 2.75) is 20.4 Å². The molecule has 10 nitrogen and oxygen atoms in total. The highest BCUT2D eigenvalue weighted by molar-refractivity contribution is 5.75. The standard InChI is InChI=1S/C15H19N9O/c1-11-7-12(2)24(22-11)14-4-3-13(20-21-14)17-5-6-18-15(25)8-23-10-16-9-19-23/h3-4,7,9-10H,5-6,8H2,1-2H3,(H,17,20)(H,18,25). The third-order valence-corrected chi connectivity index (χ3v) is 3.40. The molecule has 0 aliphatic rings. The van der Waals surface area contributed by atoms with Gasteiger partial charge in [0.2, 0.25) is 5.91 Å². The molecular formula is C15H19N9O. The van der Waals surface area contributed by atoms with E-state index in [0.717, 1.165) is 11.4 Å². The minimum Gasteiger partial charge on any atom is -0.367 e. The molecule has 130 valence electrons. The topological polar surface area (TPSA) is 115 Å². The van der Waals surface area contributed by atoms with Crippen molar-refractivity contribution in [2.75, 3.05) is 18.4 Å². The number of rotatable bonds is 7. The van der Waals surface area contributed by atoms with Gasteiger partial charge in [0.05, 0.1) is 5.69 Å². The van der Waals surface area contributed by atoms with E-state index >= 15 is 0 Å². The molecule has 0 radical (unpaired) electrons. The van der Waals surface area contributed by atoms with Gasteiger partial charge in [-0.2, -0.15) is 10.2 Å². The molecule has 0 aromatic carbocycles. The number of aromatic nitrogens is 7. The van der Waals surface area contributed by atoms with E-state index < -0.39 is 0 Å². The lowest BCUT2D eigenvalue weighted by Gasteiger charge is -2.08. The summed E-state index contributed by atoms with van der Waals surface area (Å²) in [5.41, 5.74) is 1.94. The number of nitrogens with one attached hydrogen (secondary N) is 2. The van der Waals surface area contributed by atoms with E-state index in [-0.39, 0.29) is 12.5 Å². The van der Waals surface area contributed by atoms with Crippen molar-refractivity contribution in [3.05, 3.63) is 42.2 Å². The van der Waals surface area contributed by atoms with Crippen LogP contribution < -0.4 is 10.6 Å². The van der Waals surface area contributed by atoms with E-state index in [0.29, 0.717) is 24.7 Å². The maximum atomic E-state index is 11.7. The molecule has 0 saturated heterocycles. The van der Waals surface area contributed by atoms with Crippen LogP contribution in [-0.4, -0.2) is 53.7 Å². The number of hydrogen-bond donors (Lipinski definition) is 2.